The largest absolute Gasteiger partial charge is 0.352 e. The van der Waals surface area contributed by atoms with E-state index in [1.807, 2.05) is 48.9 Å². The third kappa shape index (κ3) is 5.08. The van der Waals surface area contributed by atoms with E-state index < -0.39 is 5.41 Å². The Kier molecular flexibility index (Phi) is 7.02. The number of pyridine rings is 1. The molecule has 1 N–H and O–H groups in total. The van der Waals surface area contributed by atoms with Gasteiger partial charge in [-0.2, -0.15) is 0 Å². The molecule has 164 valence electrons. The van der Waals surface area contributed by atoms with Gasteiger partial charge in [-0.15, -0.1) is 6.58 Å². The Morgan fingerprint density at radius 1 is 1.16 bits per heavy atom. The van der Waals surface area contributed by atoms with Crippen molar-refractivity contribution < 1.29 is 4.79 Å². The SMILES string of the molecule is C=CCNC(=O)[C@]1(Cc2ccccc2-c2cncnc2)CCCN(Cc2ccccn2)C1. The molecule has 1 aliphatic rings. The predicted octanol–water partition coefficient (Wildman–Crippen LogP) is 3.67. The fourth-order valence-corrected chi connectivity index (χ4v) is 4.60. The second-order valence-electron chi connectivity index (χ2n) is 8.38. The summed E-state index contributed by atoms with van der Waals surface area (Å²) in [5.74, 6) is 0.0854. The van der Waals surface area contributed by atoms with Gasteiger partial charge in [0.05, 0.1) is 11.1 Å². The standard InChI is InChI=1S/C26H29N5O/c1-2-12-30-25(32)26(11-7-14-31(19-26)18-23-9-5-6-13-29-23)15-21-8-3-4-10-24(21)22-16-27-20-28-17-22/h2-6,8-10,13,16-17,20H,1,7,11-12,14-15,18-19H2,(H,30,32)/t26-/m0/s1. The molecule has 0 aliphatic carbocycles. The van der Waals surface area contributed by atoms with Gasteiger partial charge in [0.1, 0.15) is 6.33 Å². The highest BCUT2D eigenvalue weighted by molar-refractivity contribution is 5.84. The lowest BCUT2D eigenvalue weighted by atomic mass is 9.73. The van der Waals surface area contributed by atoms with Gasteiger partial charge in [-0.1, -0.05) is 36.4 Å². The Balaban J connectivity index is 1.64. The Morgan fingerprint density at radius 2 is 1.97 bits per heavy atom. The normalized spacial score (nSPS) is 18.8. The highest BCUT2D eigenvalue weighted by atomic mass is 16.2. The average Bonchev–Trinajstić information content (AvgIpc) is 2.84. The van der Waals surface area contributed by atoms with Gasteiger partial charge in [-0.3, -0.25) is 14.7 Å². The second kappa shape index (κ2) is 10.3. The molecule has 0 unspecified atom stereocenters. The molecule has 0 spiro atoms. The summed E-state index contributed by atoms with van der Waals surface area (Å²) >= 11 is 0. The van der Waals surface area contributed by atoms with Crippen molar-refractivity contribution in [2.75, 3.05) is 19.6 Å². The van der Waals surface area contributed by atoms with Crippen molar-refractivity contribution in [3.63, 3.8) is 0 Å². The van der Waals surface area contributed by atoms with E-state index in [9.17, 15) is 4.79 Å². The van der Waals surface area contributed by atoms with Crippen molar-refractivity contribution in [2.45, 2.75) is 25.8 Å². The van der Waals surface area contributed by atoms with Crippen molar-refractivity contribution >= 4 is 5.91 Å². The first-order valence-corrected chi connectivity index (χ1v) is 11.0. The number of carbonyl (C=O) groups excluding carboxylic acids is 1. The predicted molar refractivity (Wildman–Crippen MR) is 126 cm³/mol. The Labute approximate surface area is 189 Å². The van der Waals surface area contributed by atoms with Crippen molar-refractivity contribution in [3.8, 4) is 11.1 Å². The van der Waals surface area contributed by atoms with Crippen LogP contribution in [0.25, 0.3) is 11.1 Å². The number of carbonyl (C=O) groups is 1. The van der Waals surface area contributed by atoms with Gasteiger partial charge in [0.2, 0.25) is 5.91 Å². The van der Waals surface area contributed by atoms with E-state index in [2.05, 4.69) is 43.9 Å². The first-order valence-electron chi connectivity index (χ1n) is 11.0. The molecule has 0 radical (unpaired) electrons. The number of aromatic nitrogens is 3. The smallest absolute Gasteiger partial charge is 0.228 e. The lowest BCUT2D eigenvalue weighted by Gasteiger charge is -2.42. The quantitative estimate of drug-likeness (QED) is 0.556. The van der Waals surface area contributed by atoms with E-state index in [0.29, 0.717) is 19.5 Å². The van der Waals surface area contributed by atoms with Gasteiger partial charge in [0.25, 0.3) is 0 Å². The maximum absolute atomic E-state index is 13.5. The van der Waals surface area contributed by atoms with Crippen LogP contribution < -0.4 is 5.32 Å². The molecule has 3 aromatic rings. The topological polar surface area (TPSA) is 71.0 Å². The van der Waals surface area contributed by atoms with Crippen LogP contribution in [-0.2, 0) is 17.8 Å². The highest BCUT2D eigenvalue weighted by Crippen LogP contribution is 2.37. The number of benzene rings is 1. The molecule has 1 atom stereocenters. The number of rotatable bonds is 8. The van der Waals surface area contributed by atoms with Gasteiger partial charge in [0.15, 0.2) is 0 Å². The van der Waals surface area contributed by atoms with Gasteiger partial charge < -0.3 is 5.32 Å². The van der Waals surface area contributed by atoms with Crippen LogP contribution in [0.3, 0.4) is 0 Å². The molecular formula is C26H29N5O. The molecule has 3 heterocycles. The third-order valence-electron chi connectivity index (χ3n) is 6.07. The summed E-state index contributed by atoms with van der Waals surface area (Å²) in [6.07, 6.45) is 11.2. The first kappa shape index (κ1) is 21.8. The summed E-state index contributed by atoms with van der Waals surface area (Å²) in [7, 11) is 0. The van der Waals surface area contributed by atoms with E-state index >= 15 is 0 Å². The highest BCUT2D eigenvalue weighted by Gasteiger charge is 2.42. The number of likely N-dealkylation sites (tertiary alicyclic amines) is 1. The number of nitrogens with one attached hydrogen (secondary N) is 1. The van der Waals surface area contributed by atoms with Gasteiger partial charge >= 0.3 is 0 Å². The molecule has 0 saturated carbocycles. The number of hydrogen-bond acceptors (Lipinski definition) is 5. The van der Waals surface area contributed by atoms with Crippen LogP contribution in [0.1, 0.15) is 24.1 Å². The van der Waals surface area contributed by atoms with Crippen LogP contribution in [0, 0.1) is 5.41 Å². The summed E-state index contributed by atoms with van der Waals surface area (Å²) in [5, 5.41) is 3.08. The summed E-state index contributed by atoms with van der Waals surface area (Å²) in [4.78, 5) is 28.7. The molecule has 2 aromatic heterocycles. The molecular weight excluding hydrogens is 398 g/mol. The van der Waals surface area contributed by atoms with Crippen molar-refractivity contribution in [3.05, 3.63) is 91.3 Å². The molecule has 1 aliphatic heterocycles. The van der Waals surface area contributed by atoms with Crippen LogP contribution in [-0.4, -0.2) is 45.4 Å². The zero-order valence-corrected chi connectivity index (χ0v) is 18.3. The monoisotopic (exact) mass is 427 g/mol. The first-order chi connectivity index (χ1) is 15.7. The van der Waals surface area contributed by atoms with Crippen LogP contribution in [0.4, 0.5) is 0 Å². The van der Waals surface area contributed by atoms with Crippen LogP contribution in [0.5, 0.6) is 0 Å². The molecule has 1 aromatic carbocycles. The maximum Gasteiger partial charge on any atom is 0.228 e. The van der Waals surface area contributed by atoms with Crippen LogP contribution >= 0.6 is 0 Å². The Hall–Kier alpha value is -3.38. The molecule has 1 fully saturated rings. The van der Waals surface area contributed by atoms with Gasteiger partial charge in [0, 0.05) is 43.8 Å². The summed E-state index contributed by atoms with van der Waals surface area (Å²) in [6, 6.07) is 14.2. The van der Waals surface area contributed by atoms with Gasteiger partial charge in [-0.05, 0) is 49.1 Å². The molecule has 1 amide bonds. The van der Waals surface area contributed by atoms with Crippen molar-refractivity contribution in [1.82, 2.24) is 25.2 Å². The number of piperidine rings is 1. The fourth-order valence-electron chi connectivity index (χ4n) is 4.60. The number of amides is 1. The van der Waals surface area contributed by atoms with Crippen LogP contribution in [0.15, 0.2) is 80.0 Å². The lowest BCUT2D eigenvalue weighted by molar-refractivity contribution is -0.134. The Bertz CT molecular complexity index is 1040. The lowest BCUT2D eigenvalue weighted by Crippen LogP contribution is -2.53. The van der Waals surface area contributed by atoms with Crippen molar-refractivity contribution in [1.29, 1.82) is 0 Å². The Morgan fingerprint density at radius 3 is 2.75 bits per heavy atom. The summed E-state index contributed by atoms with van der Waals surface area (Å²) in [6.45, 7) is 6.62. The van der Waals surface area contributed by atoms with Crippen LogP contribution in [0.2, 0.25) is 0 Å². The third-order valence-corrected chi connectivity index (χ3v) is 6.07. The molecule has 4 rings (SSSR count). The molecule has 6 heteroatoms. The number of hydrogen-bond donors (Lipinski definition) is 1. The molecule has 32 heavy (non-hydrogen) atoms. The zero-order valence-electron chi connectivity index (χ0n) is 18.3. The second-order valence-corrected chi connectivity index (χ2v) is 8.38. The van der Waals surface area contributed by atoms with Gasteiger partial charge in [-0.25, -0.2) is 9.97 Å². The minimum absolute atomic E-state index is 0.0854. The molecule has 1 saturated heterocycles. The minimum Gasteiger partial charge on any atom is -0.352 e. The minimum atomic E-state index is -0.526. The fraction of sp³-hybridized carbons (Fsp3) is 0.308. The summed E-state index contributed by atoms with van der Waals surface area (Å²) < 4.78 is 0. The van der Waals surface area contributed by atoms with E-state index in [0.717, 1.165) is 48.3 Å². The van der Waals surface area contributed by atoms with E-state index in [-0.39, 0.29) is 5.91 Å². The van der Waals surface area contributed by atoms with E-state index in [1.54, 1.807) is 6.08 Å². The van der Waals surface area contributed by atoms with Crippen molar-refractivity contribution in [2.24, 2.45) is 5.41 Å². The maximum atomic E-state index is 13.5. The zero-order chi connectivity index (χ0) is 22.2. The van der Waals surface area contributed by atoms with E-state index in [1.165, 1.54) is 6.33 Å². The molecule has 0 bridgehead atoms. The molecule has 6 nitrogen and oxygen atoms in total. The van der Waals surface area contributed by atoms with E-state index in [4.69, 9.17) is 0 Å². The number of nitrogens with zero attached hydrogens (tertiary/aromatic N) is 4. The average molecular weight is 428 g/mol. The summed E-state index contributed by atoms with van der Waals surface area (Å²) in [5.41, 5.74) is 3.67.